The van der Waals surface area contributed by atoms with Gasteiger partial charge in [0.15, 0.2) is 9.84 Å². The van der Waals surface area contributed by atoms with Crippen molar-refractivity contribution in [1.29, 1.82) is 0 Å². The van der Waals surface area contributed by atoms with Gasteiger partial charge in [-0.3, -0.25) is 4.79 Å². The first kappa shape index (κ1) is 19.9. The molecule has 0 heterocycles. The zero-order chi connectivity index (χ0) is 17.1. The minimum Gasteiger partial charge on any atom is -0.374 e. The number of aryl methyl sites for hydroxylation is 1. The third-order valence-electron chi connectivity index (χ3n) is 3.01. The molecule has 1 aromatic rings. The predicted molar refractivity (Wildman–Crippen MR) is 102 cm³/mol. The molecule has 0 spiro atoms. The zero-order valence-electron chi connectivity index (χ0n) is 12.4. The van der Waals surface area contributed by atoms with Gasteiger partial charge in [-0.25, -0.2) is 8.42 Å². The van der Waals surface area contributed by atoms with Crippen LogP contribution in [0.5, 0.6) is 0 Å². The number of alkyl halides is 3. The van der Waals surface area contributed by atoms with E-state index < -0.39 is 11.3 Å². The van der Waals surface area contributed by atoms with Gasteiger partial charge in [0.2, 0.25) is 7.38 Å². The summed E-state index contributed by atoms with van der Waals surface area (Å²) in [6.45, 7) is 3.68. The lowest BCUT2D eigenvalue weighted by Crippen LogP contribution is -2.30. The highest BCUT2D eigenvalue weighted by Gasteiger charge is 2.35. The number of anilines is 2. The first-order valence-corrected chi connectivity index (χ1v) is 10.4. The summed E-state index contributed by atoms with van der Waals surface area (Å²) in [5.74, 6) is -0.156. The van der Waals surface area contributed by atoms with Crippen LogP contribution in [0, 0.1) is 6.92 Å². The number of hydrogen-bond acceptors (Lipinski definition) is 4. The Morgan fingerprint density at radius 3 is 2.36 bits per heavy atom. The number of carbonyl (C=O) groups excluding carboxylic acids is 1. The van der Waals surface area contributed by atoms with Crippen LogP contribution >= 0.6 is 47.8 Å². The van der Waals surface area contributed by atoms with Crippen LogP contribution in [0.4, 0.5) is 11.4 Å². The van der Waals surface area contributed by atoms with Gasteiger partial charge in [0.1, 0.15) is 0 Å². The summed E-state index contributed by atoms with van der Waals surface area (Å²) in [5.41, 5.74) is 2.54. The summed E-state index contributed by atoms with van der Waals surface area (Å²) in [7, 11) is -1.56. The number of amides is 1. The molecule has 1 aromatic carbocycles. The van der Waals surface area contributed by atoms with Gasteiger partial charge in [-0.1, -0.05) is 0 Å². The molecule has 0 saturated carbocycles. The molecule has 1 amide bonds. The second-order valence-electron chi connectivity index (χ2n) is 4.87. The Kier molecular flexibility index (Phi) is 6.91. The number of carbonyl (C=O) groups is 1. The fourth-order valence-corrected chi connectivity index (χ4v) is 3.92. The zero-order valence-corrected chi connectivity index (χ0v) is 17.9. The number of nitrogens with one attached hydrogen (secondary N) is 1. The molecular weight excluding hydrogens is 504 g/mol. The second kappa shape index (κ2) is 7.63. The smallest absolute Gasteiger partial charge is 0.234 e. The van der Waals surface area contributed by atoms with Crippen molar-refractivity contribution >= 4 is 74.9 Å². The van der Waals surface area contributed by atoms with E-state index >= 15 is 0 Å². The van der Waals surface area contributed by atoms with E-state index in [2.05, 4.69) is 53.1 Å². The Hall–Kier alpha value is -0.120. The molecule has 0 aliphatic carbocycles. The molecule has 1 N–H and O–H groups in total. The Balaban J connectivity index is 2.81. The van der Waals surface area contributed by atoms with Crippen LogP contribution in [0.15, 0.2) is 18.2 Å². The van der Waals surface area contributed by atoms with Gasteiger partial charge >= 0.3 is 0 Å². The maximum Gasteiger partial charge on any atom is 0.234 e. The highest BCUT2D eigenvalue weighted by molar-refractivity contribution is 9.42. The molecule has 0 aliphatic rings. The minimum absolute atomic E-state index is 0.0300. The SMILES string of the molecule is CC(=O)Nc1ccc(N(C)CCS(=O)(=O)C(Br)(Br)Br)cc1C. The molecule has 0 unspecified atom stereocenters. The summed E-state index contributed by atoms with van der Waals surface area (Å²) < 4.78 is 22.7. The number of nitrogens with zero attached hydrogens (tertiary/aromatic N) is 1. The maximum absolute atomic E-state index is 12.0. The van der Waals surface area contributed by atoms with Crippen molar-refractivity contribution in [2.45, 2.75) is 15.3 Å². The molecule has 9 heteroatoms. The predicted octanol–water partition coefficient (Wildman–Crippen LogP) is 3.60. The number of benzene rings is 1. The summed E-state index contributed by atoms with van der Waals surface area (Å²) in [6, 6.07) is 5.55. The summed E-state index contributed by atoms with van der Waals surface area (Å²) >= 11 is 9.11. The van der Waals surface area contributed by atoms with Crippen molar-refractivity contribution in [2.24, 2.45) is 0 Å². The van der Waals surface area contributed by atoms with Gasteiger partial charge in [0.25, 0.3) is 0 Å². The fourth-order valence-electron chi connectivity index (χ4n) is 1.72. The van der Waals surface area contributed by atoms with E-state index in [9.17, 15) is 13.2 Å². The largest absolute Gasteiger partial charge is 0.374 e. The first-order chi connectivity index (χ1) is 9.94. The molecule has 0 fully saturated rings. The monoisotopic (exact) mass is 518 g/mol. The molecule has 0 radical (unpaired) electrons. The van der Waals surface area contributed by atoms with Gasteiger partial charge in [0, 0.05) is 31.9 Å². The molecular formula is C13H17Br3N2O3S. The van der Waals surface area contributed by atoms with Gasteiger partial charge in [-0.2, -0.15) is 0 Å². The van der Waals surface area contributed by atoms with Crippen molar-refractivity contribution in [2.75, 3.05) is 29.6 Å². The van der Waals surface area contributed by atoms with E-state index in [1.165, 1.54) is 6.92 Å². The summed E-state index contributed by atoms with van der Waals surface area (Å²) in [6.07, 6.45) is 0. The van der Waals surface area contributed by atoms with E-state index in [4.69, 9.17) is 0 Å². The minimum atomic E-state index is -3.38. The van der Waals surface area contributed by atoms with Crippen LogP contribution in [0.2, 0.25) is 0 Å². The van der Waals surface area contributed by atoms with E-state index in [1.54, 1.807) is 6.07 Å². The number of rotatable bonds is 5. The van der Waals surface area contributed by atoms with Crippen LogP contribution in [-0.4, -0.2) is 35.1 Å². The lowest BCUT2D eigenvalue weighted by molar-refractivity contribution is -0.114. The maximum atomic E-state index is 12.0. The lowest BCUT2D eigenvalue weighted by Gasteiger charge is -2.22. The molecule has 22 heavy (non-hydrogen) atoms. The lowest BCUT2D eigenvalue weighted by atomic mass is 10.1. The van der Waals surface area contributed by atoms with Crippen molar-refractivity contribution < 1.29 is 13.2 Å². The molecule has 124 valence electrons. The van der Waals surface area contributed by atoms with E-state index in [-0.39, 0.29) is 11.7 Å². The van der Waals surface area contributed by atoms with E-state index in [0.29, 0.717) is 6.54 Å². The molecule has 0 bridgehead atoms. The van der Waals surface area contributed by atoms with Crippen LogP contribution in [0.3, 0.4) is 0 Å². The van der Waals surface area contributed by atoms with Gasteiger partial charge in [-0.15, -0.1) is 0 Å². The highest BCUT2D eigenvalue weighted by atomic mass is 80.0. The van der Waals surface area contributed by atoms with Gasteiger partial charge in [-0.05, 0) is 78.5 Å². The van der Waals surface area contributed by atoms with Crippen molar-refractivity contribution in [3.63, 3.8) is 0 Å². The molecule has 1 rings (SSSR count). The Labute approximate surface area is 156 Å². The molecule has 0 aliphatic heterocycles. The summed E-state index contributed by atoms with van der Waals surface area (Å²) in [4.78, 5) is 12.9. The standard InChI is InChI=1S/C13H17Br3N2O3S/c1-9-8-11(4-5-12(9)17-10(2)19)18(3)6-7-22(20,21)13(14,15)16/h4-5,8H,6-7H2,1-3H3,(H,17,19). The number of sulfone groups is 1. The molecule has 5 nitrogen and oxygen atoms in total. The normalized spacial score (nSPS) is 12.1. The molecule has 0 saturated heterocycles. The van der Waals surface area contributed by atoms with Crippen LogP contribution in [0.25, 0.3) is 0 Å². The number of halogens is 3. The van der Waals surface area contributed by atoms with Crippen molar-refractivity contribution in [1.82, 2.24) is 0 Å². The third kappa shape index (κ3) is 5.50. The van der Waals surface area contributed by atoms with Crippen molar-refractivity contribution in [3.05, 3.63) is 23.8 Å². The van der Waals surface area contributed by atoms with E-state index in [1.807, 2.05) is 31.0 Å². The van der Waals surface area contributed by atoms with Gasteiger partial charge in [0.05, 0.1) is 5.75 Å². The Bertz CT molecular complexity index is 657. The van der Waals surface area contributed by atoms with Crippen LogP contribution in [0.1, 0.15) is 12.5 Å². The van der Waals surface area contributed by atoms with Crippen molar-refractivity contribution in [3.8, 4) is 0 Å². The van der Waals surface area contributed by atoms with Gasteiger partial charge < -0.3 is 10.2 Å². The topological polar surface area (TPSA) is 66.5 Å². The molecule has 0 atom stereocenters. The fraction of sp³-hybridized carbons (Fsp3) is 0.462. The Morgan fingerprint density at radius 1 is 1.32 bits per heavy atom. The van der Waals surface area contributed by atoms with Crippen LogP contribution in [-0.2, 0) is 14.6 Å². The van der Waals surface area contributed by atoms with Crippen LogP contribution < -0.4 is 10.2 Å². The second-order valence-corrected chi connectivity index (χ2v) is 15.5. The quantitative estimate of drug-likeness (QED) is 0.602. The average molecular weight is 521 g/mol. The molecule has 0 aromatic heterocycles. The van der Waals surface area contributed by atoms with E-state index in [0.717, 1.165) is 16.9 Å². The Morgan fingerprint density at radius 2 is 1.91 bits per heavy atom. The number of hydrogen-bond donors (Lipinski definition) is 1. The first-order valence-electron chi connectivity index (χ1n) is 6.32. The third-order valence-corrected chi connectivity index (χ3v) is 8.87. The summed E-state index contributed by atoms with van der Waals surface area (Å²) in [5, 5.41) is 2.74. The highest BCUT2D eigenvalue weighted by Crippen LogP contribution is 2.39. The average Bonchev–Trinajstić information content (AvgIpc) is 2.36.